The van der Waals surface area contributed by atoms with E-state index in [1.165, 1.54) is 32.4 Å². The normalized spacial score (nSPS) is 15.8. The van der Waals surface area contributed by atoms with Crippen molar-refractivity contribution in [1.29, 1.82) is 0 Å². The molecule has 168 valence electrons. The van der Waals surface area contributed by atoms with Crippen molar-refractivity contribution in [2.45, 2.75) is 24.7 Å². The van der Waals surface area contributed by atoms with E-state index in [-0.39, 0.29) is 29.3 Å². The highest BCUT2D eigenvalue weighted by atomic mass is 32.2. The third kappa shape index (κ3) is 4.83. The van der Waals surface area contributed by atoms with Crippen LogP contribution in [-0.2, 0) is 31.3 Å². The standard InChI is InChI=1S/C20H24N2O7S2/c1-14-4-5-16(22-20(23)9-11-30(22,24)25)13-19(14)31(26,27)21-10-8-15-12-17(28-2)6-7-18(15)29-3/h4-7,12-13,21H,8-11H2,1-3H3. The van der Waals surface area contributed by atoms with Crippen molar-refractivity contribution in [3.8, 4) is 11.5 Å². The number of ether oxygens (including phenoxy) is 2. The van der Waals surface area contributed by atoms with Crippen molar-refractivity contribution >= 4 is 31.6 Å². The number of nitrogens with one attached hydrogen (secondary N) is 1. The quantitative estimate of drug-likeness (QED) is 0.625. The molecule has 0 spiro atoms. The van der Waals surface area contributed by atoms with Crippen LogP contribution in [0.4, 0.5) is 5.69 Å². The van der Waals surface area contributed by atoms with E-state index in [0.717, 1.165) is 5.56 Å². The summed E-state index contributed by atoms with van der Waals surface area (Å²) in [7, 11) is -4.68. The van der Waals surface area contributed by atoms with Gasteiger partial charge in [0.2, 0.25) is 26.0 Å². The van der Waals surface area contributed by atoms with E-state index in [1.807, 2.05) is 0 Å². The Labute approximate surface area is 182 Å². The summed E-state index contributed by atoms with van der Waals surface area (Å²) in [6.07, 6.45) is 0.218. The summed E-state index contributed by atoms with van der Waals surface area (Å²) in [5, 5.41) is 0. The van der Waals surface area contributed by atoms with E-state index in [0.29, 0.717) is 27.8 Å². The average Bonchev–Trinajstić information content (AvgIpc) is 3.00. The van der Waals surface area contributed by atoms with Gasteiger partial charge in [-0.1, -0.05) is 6.07 Å². The van der Waals surface area contributed by atoms with Gasteiger partial charge in [-0.2, -0.15) is 0 Å². The topological polar surface area (TPSA) is 119 Å². The molecule has 0 aromatic heterocycles. The number of sulfonamides is 2. The van der Waals surface area contributed by atoms with Crippen molar-refractivity contribution in [3.05, 3.63) is 47.5 Å². The van der Waals surface area contributed by atoms with Gasteiger partial charge in [-0.25, -0.2) is 25.9 Å². The van der Waals surface area contributed by atoms with Gasteiger partial charge in [0.15, 0.2) is 0 Å². The number of carbonyl (C=O) groups excluding carboxylic acids is 1. The lowest BCUT2D eigenvalue weighted by atomic mass is 10.1. The number of methoxy groups -OCH3 is 2. The van der Waals surface area contributed by atoms with E-state index in [9.17, 15) is 21.6 Å². The third-order valence-corrected chi connectivity index (χ3v) is 8.24. The number of hydrogen-bond donors (Lipinski definition) is 1. The van der Waals surface area contributed by atoms with Crippen LogP contribution in [0.5, 0.6) is 11.5 Å². The van der Waals surface area contributed by atoms with Gasteiger partial charge in [0.25, 0.3) is 0 Å². The van der Waals surface area contributed by atoms with Gasteiger partial charge in [0.05, 0.1) is 30.6 Å². The van der Waals surface area contributed by atoms with Crippen molar-refractivity contribution in [2.75, 3.05) is 30.8 Å². The van der Waals surface area contributed by atoms with E-state index in [1.54, 1.807) is 25.1 Å². The zero-order chi connectivity index (χ0) is 22.8. The molecule has 1 aliphatic rings. The molecule has 0 radical (unpaired) electrons. The summed E-state index contributed by atoms with van der Waals surface area (Å²) < 4.78 is 63.9. The summed E-state index contributed by atoms with van der Waals surface area (Å²) in [5.74, 6) is 0.363. The van der Waals surface area contributed by atoms with E-state index in [4.69, 9.17) is 9.47 Å². The largest absolute Gasteiger partial charge is 0.497 e. The fourth-order valence-electron chi connectivity index (χ4n) is 3.35. The fourth-order valence-corrected chi connectivity index (χ4v) is 6.09. The van der Waals surface area contributed by atoms with Crippen LogP contribution in [0.1, 0.15) is 17.5 Å². The number of rotatable bonds is 8. The predicted octanol–water partition coefficient (Wildman–Crippen LogP) is 1.60. The number of benzene rings is 2. The molecule has 2 aromatic carbocycles. The lowest BCUT2D eigenvalue weighted by molar-refractivity contribution is -0.116. The number of nitrogens with zero attached hydrogens (tertiary/aromatic N) is 1. The summed E-state index contributed by atoms with van der Waals surface area (Å²) in [6.45, 7) is 1.68. The van der Waals surface area contributed by atoms with Crippen molar-refractivity contribution in [1.82, 2.24) is 4.72 Å². The molecule has 0 bridgehead atoms. The fraction of sp³-hybridized carbons (Fsp3) is 0.350. The first kappa shape index (κ1) is 23.0. The van der Waals surface area contributed by atoms with Gasteiger partial charge in [-0.3, -0.25) is 4.79 Å². The Hall–Kier alpha value is -2.63. The average molecular weight is 469 g/mol. The number of carbonyl (C=O) groups is 1. The second-order valence-electron chi connectivity index (χ2n) is 7.00. The molecule has 1 N–H and O–H groups in total. The van der Waals surface area contributed by atoms with Gasteiger partial charge >= 0.3 is 0 Å². The molecule has 2 aromatic rings. The van der Waals surface area contributed by atoms with Crippen LogP contribution in [0.25, 0.3) is 0 Å². The zero-order valence-corrected chi connectivity index (χ0v) is 19.0. The summed E-state index contributed by atoms with van der Waals surface area (Å²) in [4.78, 5) is 12.0. The molecule has 9 nitrogen and oxygen atoms in total. The van der Waals surface area contributed by atoms with Crippen LogP contribution in [-0.4, -0.2) is 49.3 Å². The van der Waals surface area contributed by atoms with Crippen molar-refractivity contribution in [3.63, 3.8) is 0 Å². The molecule has 1 aliphatic heterocycles. The maximum absolute atomic E-state index is 12.9. The SMILES string of the molecule is COc1ccc(OC)c(CCNS(=O)(=O)c2cc(N3C(=O)CCS3(=O)=O)ccc2C)c1. The minimum atomic E-state index is -3.96. The van der Waals surface area contributed by atoms with Gasteiger partial charge < -0.3 is 9.47 Å². The molecule has 1 heterocycles. The van der Waals surface area contributed by atoms with Crippen LogP contribution in [0.3, 0.4) is 0 Å². The molecular formula is C20H24N2O7S2. The zero-order valence-electron chi connectivity index (χ0n) is 17.4. The predicted molar refractivity (Wildman–Crippen MR) is 116 cm³/mol. The molecule has 0 unspecified atom stereocenters. The van der Waals surface area contributed by atoms with Crippen molar-refractivity contribution < 1.29 is 31.1 Å². The Morgan fingerprint density at radius 3 is 2.45 bits per heavy atom. The molecule has 1 saturated heterocycles. The Balaban J connectivity index is 1.82. The molecule has 1 amide bonds. The Bertz CT molecular complexity index is 1210. The van der Waals surface area contributed by atoms with Crippen LogP contribution in [0.2, 0.25) is 0 Å². The van der Waals surface area contributed by atoms with Gasteiger partial charge in [0.1, 0.15) is 11.5 Å². The maximum atomic E-state index is 12.9. The first-order valence-electron chi connectivity index (χ1n) is 9.46. The van der Waals surface area contributed by atoms with Crippen molar-refractivity contribution in [2.24, 2.45) is 0 Å². The Morgan fingerprint density at radius 1 is 1.10 bits per heavy atom. The van der Waals surface area contributed by atoms with E-state index >= 15 is 0 Å². The van der Waals surface area contributed by atoms with Gasteiger partial charge in [0, 0.05) is 13.0 Å². The van der Waals surface area contributed by atoms with E-state index in [2.05, 4.69) is 4.72 Å². The molecular weight excluding hydrogens is 444 g/mol. The maximum Gasteiger partial charge on any atom is 0.242 e. The monoisotopic (exact) mass is 468 g/mol. The lowest BCUT2D eigenvalue weighted by Gasteiger charge is -2.17. The highest BCUT2D eigenvalue weighted by Crippen LogP contribution is 2.29. The van der Waals surface area contributed by atoms with Crippen LogP contribution < -0.4 is 18.5 Å². The molecule has 1 fully saturated rings. The molecule has 11 heteroatoms. The number of anilines is 1. The highest BCUT2D eigenvalue weighted by molar-refractivity contribution is 7.94. The second-order valence-corrected chi connectivity index (χ2v) is 10.7. The first-order chi connectivity index (χ1) is 14.6. The lowest BCUT2D eigenvalue weighted by Crippen LogP contribution is -2.30. The van der Waals surface area contributed by atoms with E-state index < -0.39 is 26.0 Å². The number of hydrogen-bond acceptors (Lipinski definition) is 7. The minimum absolute atomic E-state index is 0.0166. The van der Waals surface area contributed by atoms with Crippen LogP contribution >= 0.6 is 0 Å². The van der Waals surface area contributed by atoms with Gasteiger partial charge in [-0.15, -0.1) is 0 Å². The smallest absolute Gasteiger partial charge is 0.242 e. The number of amides is 1. The molecule has 0 saturated carbocycles. The molecule has 0 aliphatic carbocycles. The summed E-state index contributed by atoms with van der Waals surface area (Å²) >= 11 is 0. The summed E-state index contributed by atoms with van der Waals surface area (Å²) in [5.41, 5.74) is 1.21. The Kier molecular flexibility index (Phi) is 6.58. The molecule has 3 rings (SSSR count). The third-order valence-electron chi connectivity index (χ3n) is 4.95. The summed E-state index contributed by atoms with van der Waals surface area (Å²) in [6, 6.07) is 9.37. The van der Waals surface area contributed by atoms with Crippen LogP contribution in [0, 0.1) is 6.92 Å². The molecule has 0 atom stereocenters. The Morgan fingerprint density at radius 2 is 1.84 bits per heavy atom. The second kappa shape index (κ2) is 8.85. The minimum Gasteiger partial charge on any atom is -0.497 e. The molecule has 31 heavy (non-hydrogen) atoms. The first-order valence-corrected chi connectivity index (χ1v) is 12.6. The van der Waals surface area contributed by atoms with Crippen LogP contribution in [0.15, 0.2) is 41.3 Å². The highest BCUT2D eigenvalue weighted by Gasteiger charge is 2.37. The number of aryl methyl sites for hydroxylation is 1. The van der Waals surface area contributed by atoms with Gasteiger partial charge in [-0.05, 0) is 54.8 Å².